The lowest BCUT2D eigenvalue weighted by molar-refractivity contribution is 0.480. The summed E-state index contributed by atoms with van der Waals surface area (Å²) in [6.45, 7) is 1.98. The molecule has 0 unspecified atom stereocenters. The number of nitrogens with zero attached hydrogens (tertiary/aromatic N) is 1. The van der Waals surface area contributed by atoms with Crippen LogP contribution in [0.1, 0.15) is 5.56 Å². The highest BCUT2D eigenvalue weighted by Gasteiger charge is 2.09. The van der Waals surface area contributed by atoms with Crippen LogP contribution in [0.3, 0.4) is 0 Å². The van der Waals surface area contributed by atoms with Gasteiger partial charge in [-0.3, -0.25) is 5.10 Å². The van der Waals surface area contributed by atoms with E-state index in [-0.39, 0.29) is 12.4 Å². The molecule has 3 N–H and O–H groups in total. The van der Waals surface area contributed by atoms with E-state index in [1.54, 1.807) is 24.4 Å². The van der Waals surface area contributed by atoms with E-state index in [0.717, 1.165) is 22.2 Å². The van der Waals surface area contributed by atoms with E-state index in [0.29, 0.717) is 16.5 Å². The average molecular weight is 310 g/mol. The van der Waals surface area contributed by atoms with Crippen LogP contribution in [0.4, 0.5) is 5.69 Å². The average Bonchev–Trinajstić information content (AvgIpc) is 2.85. The Morgan fingerprint density at radius 2 is 1.95 bits per heavy atom. The van der Waals surface area contributed by atoms with E-state index in [1.165, 1.54) is 0 Å². The number of aryl methyl sites for hydroxylation is 1. The van der Waals surface area contributed by atoms with E-state index < -0.39 is 0 Å². The van der Waals surface area contributed by atoms with Crippen LogP contribution in [0.25, 0.3) is 10.9 Å². The number of rotatable bonds is 2. The molecule has 3 rings (SSSR count). The molecule has 4 nitrogen and oxygen atoms in total. The summed E-state index contributed by atoms with van der Waals surface area (Å²) in [6, 6.07) is 9.00. The molecular formula is C14H13Cl2N3O. The number of benzene rings is 2. The van der Waals surface area contributed by atoms with Crippen LogP contribution in [0, 0.1) is 6.92 Å². The molecule has 0 amide bonds. The second kappa shape index (κ2) is 5.61. The second-order valence-electron chi connectivity index (χ2n) is 4.31. The monoisotopic (exact) mass is 309 g/mol. The van der Waals surface area contributed by atoms with E-state index in [9.17, 15) is 0 Å². The Morgan fingerprint density at radius 3 is 2.70 bits per heavy atom. The zero-order chi connectivity index (χ0) is 13.4. The first-order chi connectivity index (χ1) is 9.15. The highest BCUT2D eigenvalue weighted by Crippen LogP contribution is 2.34. The number of nitrogens with one attached hydrogen (secondary N) is 1. The molecule has 0 saturated heterocycles. The Bertz CT molecular complexity index is 755. The fraction of sp³-hybridized carbons (Fsp3) is 0.0714. The first kappa shape index (κ1) is 14.5. The summed E-state index contributed by atoms with van der Waals surface area (Å²) in [4.78, 5) is 0. The van der Waals surface area contributed by atoms with Gasteiger partial charge in [0, 0.05) is 16.6 Å². The van der Waals surface area contributed by atoms with Crippen molar-refractivity contribution in [2.75, 3.05) is 5.73 Å². The smallest absolute Gasteiger partial charge is 0.146 e. The van der Waals surface area contributed by atoms with Crippen LogP contribution in [0.15, 0.2) is 36.5 Å². The van der Waals surface area contributed by atoms with E-state index in [1.807, 2.05) is 19.1 Å². The fourth-order valence-corrected chi connectivity index (χ4v) is 2.20. The van der Waals surface area contributed by atoms with Crippen molar-refractivity contribution >= 4 is 40.6 Å². The molecule has 0 fully saturated rings. The highest BCUT2D eigenvalue weighted by atomic mass is 35.5. The molecule has 0 atom stereocenters. The third-order valence-electron chi connectivity index (χ3n) is 3.02. The van der Waals surface area contributed by atoms with Crippen LogP contribution < -0.4 is 10.5 Å². The number of aromatic nitrogens is 2. The van der Waals surface area contributed by atoms with Crippen LogP contribution in [0.5, 0.6) is 11.5 Å². The van der Waals surface area contributed by atoms with Gasteiger partial charge in [0.2, 0.25) is 0 Å². The van der Waals surface area contributed by atoms with E-state index in [4.69, 9.17) is 22.1 Å². The number of anilines is 1. The molecule has 3 aromatic rings. The lowest BCUT2D eigenvalue weighted by atomic mass is 10.1. The zero-order valence-corrected chi connectivity index (χ0v) is 12.3. The van der Waals surface area contributed by atoms with Crippen molar-refractivity contribution in [3.63, 3.8) is 0 Å². The molecule has 0 saturated carbocycles. The molecule has 0 radical (unpaired) electrons. The predicted molar refractivity (Wildman–Crippen MR) is 84.0 cm³/mol. The van der Waals surface area contributed by atoms with Crippen LogP contribution >= 0.6 is 24.0 Å². The maximum absolute atomic E-state index is 6.11. The maximum atomic E-state index is 6.11. The number of fused-ring (bicyclic) bond motifs is 1. The third kappa shape index (κ3) is 2.53. The van der Waals surface area contributed by atoms with Crippen molar-refractivity contribution in [3.05, 3.63) is 47.1 Å². The third-order valence-corrected chi connectivity index (χ3v) is 3.32. The second-order valence-corrected chi connectivity index (χ2v) is 4.72. The van der Waals surface area contributed by atoms with Gasteiger partial charge in [-0.2, -0.15) is 5.10 Å². The first-order valence-electron chi connectivity index (χ1n) is 5.81. The van der Waals surface area contributed by atoms with Crippen molar-refractivity contribution in [1.29, 1.82) is 0 Å². The topological polar surface area (TPSA) is 63.9 Å². The minimum absolute atomic E-state index is 0. The van der Waals surface area contributed by atoms with Gasteiger partial charge in [0.25, 0.3) is 0 Å². The van der Waals surface area contributed by atoms with Gasteiger partial charge in [0.1, 0.15) is 11.5 Å². The molecule has 0 bridgehead atoms. The standard InChI is InChI=1S/C14H12ClN3O.ClH/c1-8-10-7-17-18-12(10)3-5-13(8)19-14-4-2-9(16)6-11(14)15;/h2-7H,16H2,1H3,(H,17,18);1H. The molecule has 104 valence electrons. The van der Waals surface area contributed by atoms with Crippen molar-refractivity contribution in [1.82, 2.24) is 10.2 Å². The Kier molecular flexibility index (Phi) is 4.06. The molecule has 20 heavy (non-hydrogen) atoms. The number of H-pyrrole nitrogens is 1. The lowest BCUT2D eigenvalue weighted by Crippen LogP contribution is -1.90. The van der Waals surface area contributed by atoms with Crippen LogP contribution in [-0.4, -0.2) is 10.2 Å². The van der Waals surface area contributed by atoms with E-state index >= 15 is 0 Å². The Labute approximate surface area is 127 Å². The lowest BCUT2D eigenvalue weighted by Gasteiger charge is -2.11. The first-order valence-corrected chi connectivity index (χ1v) is 6.18. The molecule has 0 spiro atoms. The number of nitrogens with two attached hydrogens (primary N) is 1. The summed E-state index contributed by atoms with van der Waals surface area (Å²) in [5, 5.41) is 8.46. The highest BCUT2D eigenvalue weighted by molar-refractivity contribution is 6.32. The molecule has 1 heterocycles. The Balaban J connectivity index is 0.00000147. The largest absolute Gasteiger partial charge is 0.456 e. The van der Waals surface area contributed by atoms with Gasteiger partial charge in [0.15, 0.2) is 0 Å². The SMILES string of the molecule is Cc1c(Oc2ccc(N)cc2Cl)ccc2[nH]ncc12.Cl. The molecule has 1 aromatic heterocycles. The molecule has 0 aliphatic carbocycles. The fourth-order valence-electron chi connectivity index (χ4n) is 1.97. The van der Waals surface area contributed by atoms with Crippen LogP contribution in [0.2, 0.25) is 5.02 Å². The van der Waals surface area contributed by atoms with Gasteiger partial charge in [0.05, 0.1) is 16.7 Å². The quantitative estimate of drug-likeness (QED) is 0.693. The molecule has 0 aliphatic heterocycles. The number of halogens is 2. The van der Waals surface area contributed by atoms with Crippen LogP contribution in [-0.2, 0) is 0 Å². The summed E-state index contributed by atoms with van der Waals surface area (Å²) >= 11 is 6.11. The number of hydrogen-bond acceptors (Lipinski definition) is 3. The number of nitrogen functional groups attached to an aromatic ring is 1. The summed E-state index contributed by atoms with van der Waals surface area (Å²) in [5.41, 5.74) is 8.26. The summed E-state index contributed by atoms with van der Waals surface area (Å²) < 4.78 is 5.84. The number of ether oxygens (including phenoxy) is 1. The normalized spacial score (nSPS) is 10.3. The molecule has 6 heteroatoms. The minimum atomic E-state index is 0. The van der Waals surface area contributed by atoms with Crippen molar-refractivity contribution in [2.45, 2.75) is 6.92 Å². The van der Waals surface area contributed by atoms with Gasteiger partial charge in [-0.25, -0.2) is 0 Å². The summed E-state index contributed by atoms with van der Waals surface area (Å²) in [6.07, 6.45) is 1.78. The van der Waals surface area contributed by atoms with Gasteiger partial charge in [-0.15, -0.1) is 12.4 Å². The van der Waals surface area contributed by atoms with Gasteiger partial charge in [-0.05, 0) is 37.3 Å². The minimum Gasteiger partial charge on any atom is -0.456 e. The van der Waals surface area contributed by atoms with E-state index in [2.05, 4.69) is 10.2 Å². The molecule has 0 aliphatic rings. The van der Waals surface area contributed by atoms with Crippen molar-refractivity contribution in [3.8, 4) is 11.5 Å². The van der Waals surface area contributed by atoms with Gasteiger partial charge >= 0.3 is 0 Å². The number of hydrogen-bond donors (Lipinski definition) is 2. The Hall–Kier alpha value is -1.91. The summed E-state index contributed by atoms with van der Waals surface area (Å²) in [7, 11) is 0. The predicted octanol–water partition coefficient (Wildman–Crippen LogP) is 4.32. The van der Waals surface area contributed by atoms with Crippen molar-refractivity contribution < 1.29 is 4.74 Å². The summed E-state index contributed by atoms with van der Waals surface area (Å²) in [5.74, 6) is 1.34. The maximum Gasteiger partial charge on any atom is 0.146 e. The van der Waals surface area contributed by atoms with Gasteiger partial charge in [-0.1, -0.05) is 11.6 Å². The van der Waals surface area contributed by atoms with Crippen molar-refractivity contribution in [2.24, 2.45) is 0 Å². The Morgan fingerprint density at radius 1 is 1.20 bits per heavy atom. The number of aromatic amines is 1. The molecule has 2 aromatic carbocycles. The van der Waals surface area contributed by atoms with Gasteiger partial charge < -0.3 is 10.5 Å². The zero-order valence-electron chi connectivity index (χ0n) is 10.7. The molecular weight excluding hydrogens is 297 g/mol.